The number of fused-ring (bicyclic) bond motifs is 1. The molecule has 38 heavy (non-hydrogen) atoms. The van der Waals surface area contributed by atoms with Gasteiger partial charge in [0.1, 0.15) is 22.7 Å². The van der Waals surface area contributed by atoms with Gasteiger partial charge in [-0.3, -0.25) is 9.78 Å². The quantitative estimate of drug-likeness (QED) is 0.241. The lowest BCUT2D eigenvalue weighted by Crippen LogP contribution is -2.23. The highest BCUT2D eigenvalue weighted by Crippen LogP contribution is 2.35. The van der Waals surface area contributed by atoms with E-state index in [1.807, 2.05) is 55.5 Å². The predicted molar refractivity (Wildman–Crippen MR) is 151 cm³/mol. The summed E-state index contributed by atoms with van der Waals surface area (Å²) in [5, 5.41) is 12.2. The lowest BCUT2D eigenvalue weighted by molar-refractivity contribution is -0.118. The van der Waals surface area contributed by atoms with Gasteiger partial charge in [-0.15, -0.1) is 0 Å². The number of hydrogen-bond acceptors (Lipinski definition) is 4. The lowest BCUT2D eigenvalue weighted by Gasteiger charge is -2.22. The Morgan fingerprint density at radius 3 is 2.47 bits per heavy atom. The molecule has 4 nitrogen and oxygen atoms in total. The number of nitrogens with zero attached hydrogens (tertiary/aromatic N) is 1. The van der Waals surface area contributed by atoms with E-state index in [9.17, 15) is 9.90 Å². The zero-order valence-electron chi connectivity index (χ0n) is 22.4. The van der Waals surface area contributed by atoms with Crippen LogP contribution in [0.5, 0.6) is 0 Å². The number of aliphatic hydroxyl groups is 1. The van der Waals surface area contributed by atoms with Crippen LogP contribution in [0.15, 0.2) is 95.7 Å². The van der Waals surface area contributed by atoms with Crippen LogP contribution in [0.25, 0.3) is 11.0 Å². The Hall–Kier alpha value is -4.02. The van der Waals surface area contributed by atoms with Crippen LogP contribution >= 0.6 is 0 Å². The molecule has 0 aliphatic rings. The Bertz CT molecular complexity index is 1600. The molecule has 1 unspecified atom stereocenters. The van der Waals surface area contributed by atoms with Crippen LogP contribution in [0.2, 0.25) is 0 Å². The number of aryl methyl sites for hydroxylation is 3. The number of hydrogen-bond donors (Lipinski definition) is 1. The van der Waals surface area contributed by atoms with E-state index in [1.54, 1.807) is 19.3 Å². The molecule has 0 aliphatic carbocycles. The van der Waals surface area contributed by atoms with Crippen LogP contribution in [0.4, 0.5) is 0 Å². The van der Waals surface area contributed by atoms with Gasteiger partial charge in [0.05, 0.1) is 0 Å². The molecule has 1 N–H and O–H groups in total. The first-order valence-corrected chi connectivity index (χ1v) is 13.0. The van der Waals surface area contributed by atoms with Crippen LogP contribution in [0.1, 0.15) is 64.0 Å². The van der Waals surface area contributed by atoms with Gasteiger partial charge in [-0.25, -0.2) is 0 Å². The largest absolute Gasteiger partial charge is 0.458 e. The number of carbonyl (C=O) groups excluding carboxylic acids is 1. The minimum absolute atomic E-state index is 0.00672. The number of carbonyl (C=O) groups is 1. The van der Waals surface area contributed by atoms with Gasteiger partial charge in [0, 0.05) is 36.5 Å². The number of ketones is 1. The fourth-order valence-corrected chi connectivity index (χ4v) is 5.43. The summed E-state index contributed by atoms with van der Waals surface area (Å²) in [6.45, 7) is 7.86. The number of Topliss-reactive ketones (excluding diaryl/α,β-unsaturated/α-hetero) is 1. The second-order valence-corrected chi connectivity index (χ2v) is 10.5. The normalized spacial score (nSPS) is 13.8. The smallest absolute Gasteiger partial charge is 0.145 e. The fourth-order valence-electron chi connectivity index (χ4n) is 5.43. The van der Waals surface area contributed by atoms with Gasteiger partial charge >= 0.3 is 0 Å². The van der Waals surface area contributed by atoms with Gasteiger partial charge in [-0.2, -0.15) is 0 Å². The molecule has 2 atom stereocenters. The Morgan fingerprint density at radius 2 is 1.74 bits per heavy atom. The molecule has 0 bridgehead atoms. The van der Waals surface area contributed by atoms with Gasteiger partial charge in [0.25, 0.3) is 0 Å². The zero-order valence-corrected chi connectivity index (χ0v) is 22.4. The van der Waals surface area contributed by atoms with Crippen molar-refractivity contribution >= 4 is 16.8 Å². The number of benzene rings is 3. The summed E-state index contributed by atoms with van der Waals surface area (Å²) in [6, 6.07) is 26.2. The van der Waals surface area contributed by atoms with Crippen LogP contribution in [0, 0.1) is 20.8 Å². The summed E-state index contributed by atoms with van der Waals surface area (Å²) in [5.41, 5.74) is 6.72. The van der Waals surface area contributed by atoms with E-state index in [0.717, 1.165) is 27.6 Å². The summed E-state index contributed by atoms with van der Waals surface area (Å²) in [6.07, 6.45) is 4.17. The van der Waals surface area contributed by atoms with E-state index in [4.69, 9.17) is 4.42 Å². The van der Waals surface area contributed by atoms with Gasteiger partial charge in [-0.05, 0) is 85.3 Å². The van der Waals surface area contributed by atoms with E-state index < -0.39 is 5.60 Å². The Morgan fingerprint density at radius 1 is 0.947 bits per heavy atom. The number of aromatic nitrogens is 1. The summed E-state index contributed by atoms with van der Waals surface area (Å²) in [4.78, 5) is 17.5. The van der Waals surface area contributed by atoms with Crippen LogP contribution in [-0.4, -0.2) is 15.9 Å². The van der Waals surface area contributed by atoms with Gasteiger partial charge in [-0.1, -0.05) is 60.2 Å². The fraction of sp³-hybridized carbons (Fsp3) is 0.235. The third-order valence-electron chi connectivity index (χ3n) is 7.44. The first-order chi connectivity index (χ1) is 18.2. The minimum atomic E-state index is -1.29. The van der Waals surface area contributed by atoms with Crippen molar-refractivity contribution in [2.24, 2.45) is 0 Å². The van der Waals surface area contributed by atoms with Crippen LogP contribution in [-0.2, 0) is 16.8 Å². The molecule has 0 fully saturated rings. The van der Waals surface area contributed by atoms with Crippen molar-refractivity contribution in [2.45, 2.75) is 52.1 Å². The highest BCUT2D eigenvalue weighted by Gasteiger charge is 2.31. The van der Waals surface area contributed by atoms with Crippen LogP contribution in [0.3, 0.4) is 0 Å². The second kappa shape index (κ2) is 10.4. The maximum atomic E-state index is 13.4. The van der Waals surface area contributed by atoms with Gasteiger partial charge < -0.3 is 9.52 Å². The Kier molecular flexibility index (Phi) is 7.00. The van der Waals surface area contributed by atoms with Crippen molar-refractivity contribution in [3.8, 4) is 0 Å². The summed E-state index contributed by atoms with van der Waals surface area (Å²) < 4.78 is 6.05. The zero-order chi connectivity index (χ0) is 26.9. The number of pyridine rings is 1. The Balaban J connectivity index is 1.39. The monoisotopic (exact) mass is 503 g/mol. The van der Waals surface area contributed by atoms with Crippen molar-refractivity contribution in [2.75, 3.05) is 0 Å². The highest BCUT2D eigenvalue weighted by molar-refractivity contribution is 5.85. The van der Waals surface area contributed by atoms with Gasteiger partial charge in [0.2, 0.25) is 0 Å². The molecule has 0 saturated heterocycles. The number of furan rings is 1. The Labute approximate surface area is 224 Å². The van der Waals surface area contributed by atoms with E-state index >= 15 is 0 Å². The summed E-state index contributed by atoms with van der Waals surface area (Å²) in [5.74, 6) is 0.651. The molecule has 2 heterocycles. The summed E-state index contributed by atoms with van der Waals surface area (Å²) >= 11 is 0. The van der Waals surface area contributed by atoms with E-state index in [0.29, 0.717) is 24.2 Å². The molecule has 0 aliphatic heterocycles. The molecule has 0 spiro atoms. The molecule has 0 amide bonds. The average molecular weight is 504 g/mol. The van der Waals surface area contributed by atoms with Crippen molar-refractivity contribution in [1.82, 2.24) is 4.98 Å². The van der Waals surface area contributed by atoms with Crippen molar-refractivity contribution in [3.05, 3.63) is 136 Å². The molecule has 4 heteroatoms. The number of rotatable bonds is 8. The molecule has 5 rings (SSSR count). The molecule has 5 aromatic rings. The maximum Gasteiger partial charge on any atom is 0.145 e. The van der Waals surface area contributed by atoms with E-state index in [1.165, 1.54) is 16.7 Å². The third kappa shape index (κ3) is 5.18. The first kappa shape index (κ1) is 25.6. The average Bonchev–Trinajstić information content (AvgIpc) is 3.33. The predicted octanol–water partition coefficient (Wildman–Crippen LogP) is 7.34. The second-order valence-electron chi connectivity index (χ2n) is 10.5. The van der Waals surface area contributed by atoms with Crippen molar-refractivity contribution in [3.63, 3.8) is 0 Å². The third-order valence-corrected chi connectivity index (χ3v) is 7.44. The summed E-state index contributed by atoms with van der Waals surface area (Å²) in [7, 11) is 0. The lowest BCUT2D eigenvalue weighted by atomic mass is 9.83. The maximum absolute atomic E-state index is 13.4. The molecular formula is C34H33NO3. The molecule has 192 valence electrons. The topological polar surface area (TPSA) is 63.3 Å². The molecule has 0 saturated carbocycles. The van der Waals surface area contributed by atoms with E-state index in [-0.39, 0.29) is 11.7 Å². The van der Waals surface area contributed by atoms with E-state index in [2.05, 4.69) is 49.2 Å². The van der Waals surface area contributed by atoms with Crippen molar-refractivity contribution in [1.29, 1.82) is 0 Å². The molecule has 3 aromatic carbocycles. The van der Waals surface area contributed by atoms with Crippen molar-refractivity contribution < 1.29 is 14.3 Å². The van der Waals surface area contributed by atoms with Gasteiger partial charge in [0.15, 0.2) is 0 Å². The molecule has 0 radical (unpaired) electrons. The highest BCUT2D eigenvalue weighted by atomic mass is 16.4. The molecular weight excluding hydrogens is 470 g/mol. The minimum Gasteiger partial charge on any atom is -0.458 e. The SMILES string of the molecule is Cc1ccc([C@@H](CC(=O)Cc2ccc3oc(C(C)(O)c4ccncc4C)cc3c2)c2ccccc2)c(C)c1. The first-order valence-electron chi connectivity index (χ1n) is 13.0. The molecule has 2 aromatic heterocycles. The standard InChI is InChI=1S/C34H33NO3/c1-22-10-12-29(23(2)16-22)30(26-8-6-5-7-9-26)20-28(36)18-25-11-13-32-27(17-25)19-33(38-32)34(4,37)31-14-15-35-21-24(31)3/h5-17,19,21,30,37H,18,20H2,1-4H3/t30-,34?/m0/s1. The van der Waals surface area contributed by atoms with Crippen LogP contribution < -0.4 is 0 Å².